The Morgan fingerprint density at radius 1 is 1.02 bits per heavy atom. The molecule has 3 amide bonds. The fourth-order valence-electron chi connectivity index (χ4n) is 4.77. The third-order valence-electron chi connectivity index (χ3n) is 7.48. The number of fused-ring (bicyclic) bond motifs is 1. The predicted molar refractivity (Wildman–Crippen MR) is 166 cm³/mol. The zero-order valence-corrected chi connectivity index (χ0v) is 26.1. The number of hydrogen-bond acceptors (Lipinski definition) is 8. The first-order valence-corrected chi connectivity index (χ1v) is 15.5. The van der Waals surface area contributed by atoms with Crippen LogP contribution in [0.15, 0.2) is 71.6 Å². The zero-order valence-electron chi connectivity index (χ0n) is 25.3. The van der Waals surface area contributed by atoms with Gasteiger partial charge in [-0.1, -0.05) is 6.92 Å². The van der Waals surface area contributed by atoms with Gasteiger partial charge in [0.25, 0.3) is 5.91 Å². The lowest BCUT2D eigenvalue weighted by Crippen LogP contribution is -2.50. The second-order valence-electron chi connectivity index (χ2n) is 10.6. The van der Waals surface area contributed by atoms with Gasteiger partial charge in [-0.05, 0) is 73.7 Å². The van der Waals surface area contributed by atoms with Gasteiger partial charge in [-0.25, -0.2) is 13.2 Å². The second kappa shape index (κ2) is 14.0. The number of aliphatic hydroxyl groups excluding tert-OH is 1. The normalized spacial score (nSPS) is 17.5. The SMILES string of the molecule is COc1ccc(NC(=O)Nc2ccc3c(c2)C(=O)N([C@H](C)CO)C[C@H](C)[C@@H](CN(C)S(=O)(=O)c2ccc(OC)cc2)O3)cc1. The number of carbonyl (C=O) groups excluding carboxylic acids is 2. The van der Waals surface area contributed by atoms with Gasteiger partial charge in [-0.2, -0.15) is 4.31 Å². The van der Waals surface area contributed by atoms with Crippen molar-refractivity contribution in [1.82, 2.24) is 9.21 Å². The van der Waals surface area contributed by atoms with E-state index in [1.54, 1.807) is 62.6 Å². The maximum atomic E-state index is 13.7. The summed E-state index contributed by atoms with van der Waals surface area (Å²) in [4.78, 5) is 28.1. The summed E-state index contributed by atoms with van der Waals surface area (Å²) in [5.74, 6) is 0.732. The quantitative estimate of drug-likeness (QED) is 0.307. The molecule has 3 N–H and O–H groups in total. The molecule has 0 unspecified atom stereocenters. The van der Waals surface area contributed by atoms with Crippen molar-refractivity contribution in [2.75, 3.05) is 51.6 Å². The molecule has 0 saturated heterocycles. The number of rotatable bonds is 10. The highest BCUT2D eigenvalue weighted by atomic mass is 32.2. The van der Waals surface area contributed by atoms with E-state index in [4.69, 9.17) is 14.2 Å². The second-order valence-corrected chi connectivity index (χ2v) is 12.6. The summed E-state index contributed by atoms with van der Waals surface area (Å²) in [7, 11) is 0.663. The van der Waals surface area contributed by atoms with E-state index in [2.05, 4.69) is 10.6 Å². The van der Waals surface area contributed by atoms with Crippen molar-refractivity contribution < 1.29 is 37.3 Å². The molecule has 0 spiro atoms. The minimum Gasteiger partial charge on any atom is -0.497 e. The van der Waals surface area contributed by atoms with E-state index in [0.29, 0.717) is 22.9 Å². The van der Waals surface area contributed by atoms with Crippen LogP contribution in [0.1, 0.15) is 24.2 Å². The van der Waals surface area contributed by atoms with Gasteiger partial charge in [0.15, 0.2) is 0 Å². The summed E-state index contributed by atoms with van der Waals surface area (Å²) < 4.78 is 44.6. The van der Waals surface area contributed by atoms with Crippen molar-refractivity contribution in [2.24, 2.45) is 5.92 Å². The molecule has 0 aromatic heterocycles. The molecule has 13 heteroatoms. The first-order chi connectivity index (χ1) is 21.0. The van der Waals surface area contributed by atoms with Gasteiger partial charge in [0, 0.05) is 30.9 Å². The van der Waals surface area contributed by atoms with Crippen molar-refractivity contribution in [1.29, 1.82) is 0 Å². The number of hydrogen-bond donors (Lipinski definition) is 3. The molecule has 0 saturated carbocycles. The lowest BCUT2D eigenvalue weighted by Gasteiger charge is -2.38. The fraction of sp³-hybridized carbons (Fsp3) is 0.355. The molecular weight excluding hydrogens is 588 g/mol. The molecule has 3 aromatic rings. The molecule has 1 aliphatic heterocycles. The zero-order chi connectivity index (χ0) is 32.0. The number of benzene rings is 3. The number of carbonyl (C=O) groups is 2. The van der Waals surface area contributed by atoms with Gasteiger partial charge in [-0.15, -0.1) is 0 Å². The van der Waals surface area contributed by atoms with E-state index in [1.165, 1.54) is 41.6 Å². The Morgan fingerprint density at radius 3 is 2.18 bits per heavy atom. The summed E-state index contributed by atoms with van der Waals surface area (Å²) in [6.07, 6.45) is -0.648. The highest BCUT2D eigenvalue weighted by Gasteiger charge is 2.35. The summed E-state index contributed by atoms with van der Waals surface area (Å²) in [6.45, 7) is 3.53. The van der Waals surface area contributed by atoms with Gasteiger partial charge in [0.05, 0.1) is 43.9 Å². The molecule has 3 atom stereocenters. The van der Waals surface area contributed by atoms with Crippen molar-refractivity contribution in [3.8, 4) is 17.2 Å². The van der Waals surface area contributed by atoms with E-state index < -0.39 is 28.2 Å². The summed E-state index contributed by atoms with van der Waals surface area (Å²) >= 11 is 0. The maximum absolute atomic E-state index is 13.7. The molecule has 1 aliphatic rings. The van der Waals surface area contributed by atoms with Crippen LogP contribution in [-0.2, 0) is 10.0 Å². The monoisotopic (exact) mass is 626 g/mol. The Hall–Kier alpha value is -4.33. The minimum atomic E-state index is -3.86. The van der Waals surface area contributed by atoms with E-state index in [-0.39, 0.29) is 47.7 Å². The number of aliphatic hydroxyl groups is 1. The number of ether oxygens (including phenoxy) is 3. The van der Waals surface area contributed by atoms with Gasteiger partial charge in [0.1, 0.15) is 23.4 Å². The van der Waals surface area contributed by atoms with Gasteiger partial charge >= 0.3 is 6.03 Å². The van der Waals surface area contributed by atoms with Crippen LogP contribution in [0.2, 0.25) is 0 Å². The van der Waals surface area contributed by atoms with Crippen LogP contribution in [0, 0.1) is 5.92 Å². The Morgan fingerprint density at radius 2 is 1.59 bits per heavy atom. The molecule has 0 radical (unpaired) electrons. The smallest absolute Gasteiger partial charge is 0.323 e. The molecule has 12 nitrogen and oxygen atoms in total. The van der Waals surface area contributed by atoms with Crippen LogP contribution in [0.25, 0.3) is 0 Å². The molecule has 0 bridgehead atoms. The lowest BCUT2D eigenvalue weighted by molar-refractivity contribution is 0.0387. The molecule has 0 aliphatic carbocycles. The van der Waals surface area contributed by atoms with E-state index >= 15 is 0 Å². The summed E-state index contributed by atoms with van der Waals surface area (Å²) in [5.41, 5.74) is 1.06. The number of urea groups is 1. The summed E-state index contributed by atoms with van der Waals surface area (Å²) in [6, 6.07) is 16.6. The number of nitrogens with zero attached hydrogens (tertiary/aromatic N) is 2. The summed E-state index contributed by atoms with van der Waals surface area (Å²) in [5, 5.41) is 15.4. The number of nitrogens with one attached hydrogen (secondary N) is 2. The number of sulfonamides is 1. The topological polar surface area (TPSA) is 147 Å². The fourth-order valence-corrected chi connectivity index (χ4v) is 5.95. The molecule has 4 rings (SSSR count). The van der Waals surface area contributed by atoms with Crippen molar-refractivity contribution in [3.63, 3.8) is 0 Å². The average Bonchev–Trinajstić information content (AvgIpc) is 3.02. The molecular formula is C31H38N4O8S. The van der Waals surface area contributed by atoms with E-state index in [9.17, 15) is 23.1 Å². The van der Waals surface area contributed by atoms with Crippen molar-refractivity contribution in [3.05, 3.63) is 72.3 Å². The highest BCUT2D eigenvalue weighted by Crippen LogP contribution is 2.31. The van der Waals surface area contributed by atoms with Gasteiger partial charge in [-0.3, -0.25) is 4.79 Å². The Labute approximate surface area is 257 Å². The molecule has 1 heterocycles. The minimum absolute atomic E-state index is 0.00518. The number of amides is 3. The van der Waals surface area contributed by atoms with Crippen LogP contribution in [0.3, 0.4) is 0 Å². The molecule has 236 valence electrons. The highest BCUT2D eigenvalue weighted by molar-refractivity contribution is 7.89. The van der Waals surface area contributed by atoms with Crippen molar-refractivity contribution in [2.45, 2.75) is 30.9 Å². The molecule has 3 aromatic carbocycles. The third-order valence-corrected chi connectivity index (χ3v) is 9.31. The first kappa shape index (κ1) is 32.6. The Balaban J connectivity index is 1.59. The van der Waals surface area contributed by atoms with Crippen LogP contribution < -0.4 is 24.8 Å². The van der Waals surface area contributed by atoms with Gasteiger partial charge < -0.3 is 34.9 Å². The standard InChI is InChI=1S/C31H38N4O8S/c1-20-17-35(21(2)19-36)30(37)27-16-23(33-31(38)32-22-6-9-24(41-4)10-7-22)8-15-28(27)43-29(20)18-34(3)44(39,40)26-13-11-25(42-5)12-14-26/h6-16,20-21,29,36H,17-19H2,1-5H3,(H2,32,33,38)/t20-,21+,29+/m0/s1. The first-order valence-electron chi connectivity index (χ1n) is 14.0. The number of anilines is 2. The Bertz CT molecular complexity index is 1560. The van der Waals surface area contributed by atoms with Gasteiger partial charge in [0.2, 0.25) is 10.0 Å². The number of likely N-dealkylation sites (N-methyl/N-ethyl adjacent to an activating group) is 1. The number of methoxy groups -OCH3 is 2. The van der Waals surface area contributed by atoms with Crippen LogP contribution in [0.5, 0.6) is 17.2 Å². The van der Waals surface area contributed by atoms with Crippen LogP contribution >= 0.6 is 0 Å². The van der Waals surface area contributed by atoms with E-state index in [1.807, 2.05) is 6.92 Å². The van der Waals surface area contributed by atoms with Crippen LogP contribution in [-0.4, -0.2) is 87.8 Å². The average molecular weight is 627 g/mol. The lowest BCUT2D eigenvalue weighted by atomic mass is 9.99. The van der Waals surface area contributed by atoms with E-state index in [0.717, 1.165) is 0 Å². The predicted octanol–water partition coefficient (Wildman–Crippen LogP) is 3.89. The molecule has 0 fully saturated rings. The molecule has 44 heavy (non-hydrogen) atoms. The third kappa shape index (κ3) is 7.41. The maximum Gasteiger partial charge on any atom is 0.323 e. The van der Waals surface area contributed by atoms with Crippen LogP contribution in [0.4, 0.5) is 16.2 Å². The van der Waals surface area contributed by atoms with Crippen molar-refractivity contribution >= 4 is 33.3 Å². The Kier molecular flexibility index (Phi) is 10.3. The largest absolute Gasteiger partial charge is 0.497 e.